The summed E-state index contributed by atoms with van der Waals surface area (Å²) >= 11 is 6.09. The highest BCUT2D eigenvalue weighted by molar-refractivity contribution is 6.31. The Morgan fingerprint density at radius 3 is 2.50 bits per heavy atom. The Kier molecular flexibility index (Phi) is 4.22. The van der Waals surface area contributed by atoms with E-state index in [0.717, 1.165) is 11.1 Å². The van der Waals surface area contributed by atoms with Crippen molar-refractivity contribution in [2.24, 2.45) is 0 Å². The van der Waals surface area contributed by atoms with Crippen LogP contribution in [0.2, 0.25) is 5.02 Å². The molecule has 0 heterocycles. The van der Waals surface area contributed by atoms with Crippen LogP contribution in [0.3, 0.4) is 0 Å². The molecule has 0 amide bonds. The van der Waals surface area contributed by atoms with Crippen LogP contribution in [0.4, 0.5) is 0 Å². The first-order chi connectivity index (χ1) is 9.54. The van der Waals surface area contributed by atoms with Crippen LogP contribution in [0, 0.1) is 25.2 Å². The summed E-state index contributed by atoms with van der Waals surface area (Å²) in [5.41, 5.74) is 3.09. The zero-order chi connectivity index (χ0) is 14.7. The van der Waals surface area contributed by atoms with Gasteiger partial charge in [0, 0.05) is 10.6 Å². The molecule has 0 fully saturated rings. The van der Waals surface area contributed by atoms with Crippen LogP contribution in [-0.4, -0.2) is 5.78 Å². The zero-order valence-corrected chi connectivity index (χ0v) is 12.1. The first-order valence-electron chi connectivity index (χ1n) is 6.30. The second kappa shape index (κ2) is 5.90. The molecule has 0 spiro atoms. The van der Waals surface area contributed by atoms with Gasteiger partial charge >= 0.3 is 0 Å². The van der Waals surface area contributed by atoms with Crippen molar-refractivity contribution in [3.05, 3.63) is 69.7 Å². The second-order valence-electron chi connectivity index (χ2n) is 4.77. The van der Waals surface area contributed by atoms with Crippen LogP contribution in [0.15, 0.2) is 42.5 Å². The van der Waals surface area contributed by atoms with Crippen molar-refractivity contribution in [1.29, 1.82) is 5.26 Å². The van der Waals surface area contributed by atoms with E-state index in [2.05, 4.69) is 6.07 Å². The number of nitrogens with zero attached hydrogens (tertiary/aromatic N) is 1. The number of benzene rings is 2. The molecule has 0 radical (unpaired) electrons. The molecule has 1 atom stereocenters. The lowest BCUT2D eigenvalue weighted by Gasteiger charge is -2.12. The summed E-state index contributed by atoms with van der Waals surface area (Å²) in [6.45, 7) is 3.85. The summed E-state index contributed by atoms with van der Waals surface area (Å²) in [7, 11) is 0. The Hall–Kier alpha value is -2.11. The van der Waals surface area contributed by atoms with Crippen molar-refractivity contribution in [3.8, 4) is 6.07 Å². The summed E-state index contributed by atoms with van der Waals surface area (Å²) in [5, 5.41) is 9.79. The lowest BCUT2D eigenvalue weighted by molar-refractivity contribution is 0.0978. The second-order valence-corrected chi connectivity index (χ2v) is 5.17. The number of halogens is 1. The lowest BCUT2D eigenvalue weighted by Crippen LogP contribution is -2.13. The minimum atomic E-state index is -0.870. The maximum atomic E-state index is 12.6. The molecule has 100 valence electrons. The molecular weight excluding hydrogens is 270 g/mol. The topological polar surface area (TPSA) is 40.9 Å². The van der Waals surface area contributed by atoms with Crippen LogP contribution >= 0.6 is 11.6 Å². The summed E-state index contributed by atoms with van der Waals surface area (Å²) in [4.78, 5) is 12.6. The molecule has 0 aliphatic heterocycles. The molecule has 1 unspecified atom stereocenters. The average Bonchev–Trinajstić information content (AvgIpc) is 2.41. The third kappa shape index (κ3) is 2.74. The molecule has 0 aromatic heterocycles. The third-order valence-corrected chi connectivity index (χ3v) is 3.60. The van der Waals surface area contributed by atoms with Gasteiger partial charge in [0.2, 0.25) is 0 Å². The Labute approximate surface area is 123 Å². The van der Waals surface area contributed by atoms with Gasteiger partial charge in [0.05, 0.1) is 6.07 Å². The number of Topliss-reactive ketones (excluding diaryl/α,β-unsaturated/α-hetero) is 1. The Morgan fingerprint density at radius 2 is 1.90 bits per heavy atom. The van der Waals surface area contributed by atoms with Gasteiger partial charge in [-0.2, -0.15) is 5.26 Å². The van der Waals surface area contributed by atoms with E-state index < -0.39 is 5.92 Å². The Morgan fingerprint density at radius 1 is 1.20 bits per heavy atom. The summed E-state index contributed by atoms with van der Waals surface area (Å²) in [5.74, 6) is -1.08. The van der Waals surface area contributed by atoms with Crippen molar-refractivity contribution in [2.45, 2.75) is 19.8 Å². The smallest absolute Gasteiger partial charge is 0.184 e. The number of aryl methyl sites for hydroxylation is 2. The summed E-state index contributed by atoms with van der Waals surface area (Å²) < 4.78 is 0. The first kappa shape index (κ1) is 14.3. The Bertz CT molecular complexity index is 700. The van der Waals surface area contributed by atoms with Crippen molar-refractivity contribution in [2.75, 3.05) is 0 Å². The SMILES string of the molecule is Cc1ccc(C(=O)C(C#N)c2ccccc2Cl)c(C)c1. The van der Waals surface area contributed by atoms with Gasteiger partial charge in [-0.25, -0.2) is 0 Å². The molecule has 0 aliphatic carbocycles. The van der Waals surface area contributed by atoms with Gasteiger partial charge in [-0.3, -0.25) is 4.79 Å². The van der Waals surface area contributed by atoms with E-state index in [9.17, 15) is 10.1 Å². The molecule has 2 aromatic rings. The molecule has 2 aromatic carbocycles. The van der Waals surface area contributed by atoms with E-state index in [4.69, 9.17) is 11.6 Å². The third-order valence-electron chi connectivity index (χ3n) is 3.25. The normalized spacial score (nSPS) is 11.7. The predicted octanol–water partition coefficient (Wildman–Crippen LogP) is 4.45. The number of carbonyl (C=O) groups is 1. The number of rotatable bonds is 3. The fraction of sp³-hybridized carbons (Fsp3) is 0.176. The van der Waals surface area contributed by atoms with Gasteiger partial charge in [0.15, 0.2) is 5.78 Å². The minimum absolute atomic E-state index is 0.210. The van der Waals surface area contributed by atoms with Crippen molar-refractivity contribution >= 4 is 17.4 Å². The van der Waals surface area contributed by atoms with E-state index >= 15 is 0 Å². The molecular formula is C17H14ClNO. The molecule has 2 nitrogen and oxygen atoms in total. The van der Waals surface area contributed by atoms with Gasteiger partial charge in [0.1, 0.15) is 5.92 Å². The summed E-state index contributed by atoms with van der Waals surface area (Å²) in [6.07, 6.45) is 0. The van der Waals surface area contributed by atoms with Crippen LogP contribution in [0.1, 0.15) is 33.0 Å². The molecule has 2 rings (SSSR count). The van der Waals surface area contributed by atoms with Gasteiger partial charge in [0.25, 0.3) is 0 Å². The van der Waals surface area contributed by atoms with E-state index in [1.165, 1.54) is 0 Å². The monoisotopic (exact) mass is 283 g/mol. The fourth-order valence-corrected chi connectivity index (χ4v) is 2.47. The van der Waals surface area contributed by atoms with Crippen molar-refractivity contribution in [1.82, 2.24) is 0 Å². The van der Waals surface area contributed by atoms with Crippen LogP contribution in [0.25, 0.3) is 0 Å². The predicted molar refractivity (Wildman–Crippen MR) is 80.1 cm³/mol. The van der Waals surface area contributed by atoms with E-state index in [-0.39, 0.29) is 5.78 Å². The minimum Gasteiger partial charge on any atom is -0.292 e. The van der Waals surface area contributed by atoms with Gasteiger partial charge in [-0.15, -0.1) is 0 Å². The maximum absolute atomic E-state index is 12.6. The van der Waals surface area contributed by atoms with Crippen LogP contribution in [0.5, 0.6) is 0 Å². The highest BCUT2D eigenvalue weighted by Crippen LogP contribution is 2.28. The molecule has 0 saturated carbocycles. The van der Waals surface area contributed by atoms with Crippen molar-refractivity contribution in [3.63, 3.8) is 0 Å². The van der Waals surface area contributed by atoms with Crippen LogP contribution < -0.4 is 0 Å². The number of ketones is 1. The lowest BCUT2D eigenvalue weighted by atomic mass is 9.89. The fourth-order valence-electron chi connectivity index (χ4n) is 2.22. The quantitative estimate of drug-likeness (QED) is 0.781. The van der Waals surface area contributed by atoms with Gasteiger partial charge in [-0.05, 0) is 31.0 Å². The molecule has 0 bridgehead atoms. The highest BCUT2D eigenvalue weighted by atomic mass is 35.5. The number of hydrogen-bond acceptors (Lipinski definition) is 2. The van der Waals surface area contributed by atoms with Crippen LogP contribution in [-0.2, 0) is 0 Å². The number of carbonyl (C=O) groups excluding carboxylic acids is 1. The first-order valence-corrected chi connectivity index (χ1v) is 6.68. The average molecular weight is 284 g/mol. The molecule has 0 aliphatic rings. The Balaban J connectivity index is 2.45. The summed E-state index contributed by atoms with van der Waals surface area (Å²) in [6, 6.07) is 14.6. The molecule has 0 saturated heterocycles. The highest BCUT2D eigenvalue weighted by Gasteiger charge is 2.24. The molecule has 20 heavy (non-hydrogen) atoms. The zero-order valence-electron chi connectivity index (χ0n) is 11.4. The maximum Gasteiger partial charge on any atom is 0.184 e. The van der Waals surface area contributed by atoms with E-state index in [1.54, 1.807) is 30.3 Å². The standard InChI is InChI=1S/C17H14ClNO/c1-11-7-8-13(12(2)9-11)17(20)15(10-19)14-5-3-4-6-16(14)18/h3-9,15H,1-2H3. The van der Waals surface area contributed by atoms with Gasteiger partial charge in [-0.1, -0.05) is 53.6 Å². The molecule has 3 heteroatoms. The largest absolute Gasteiger partial charge is 0.292 e. The number of nitriles is 1. The van der Waals surface area contributed by atoms with E-state index in [0.29, 0.717) is 16.1 Å². The van der Waals surface area contributed by atoms with Gasteiger partial charge < -0.3 is 0 Å². The molecule has 0 N–H and O–H groups in total. The number of hydrogen-bond donors (Lipinski definition) is 0. The van der Waals surface area contributed by atoms with Crippen molar-refractivity contribution < 1.29 is 4.79 Å². The van der Waals surface area contributed by atoms with E-state index in [1.807, 2.05) is 26.0 Å².